The smallest absolute Gasteiger partial charge is 0.348 e. The fraction of sp³-hybridized carbons (Fsp3) is 0.609. The molecule has 3 rings (SSSR count). The quantitative estimate of drug-likeness (QED) is 0.640. The highest BCUT2D eigenvalue weighted by Gasteiger charge is 2.37. The SMILES string of the molecule is CCC(=O)N(CCCC1(C)CC(=O)N(C)C1)c1cc(C2=CCCCC2)sc1C(=O)O. The second-order valence-corrected chi connectivity index (χ2v) is 9.90. The maximum atomic E-state index is 12.7. The Morgan fingerprint density at radius 3 is 2.67 bits per heavy atom. The highest BCUT2D eigenvalue weighted by molar-refractivity contribution is 7.15. The monoisotopic (exact) mass is 432 g/mol. The van der Waals surface area contributed by atoms with Crippen LogP contribution in [0, 0.1) is 5.41 Å². The molecule has 1 N–H and O–H groups in total. The lowest BCUT2D eigenvalue weighted by Gasteiger charge is -2.26. The molecule has 0 spiro atoms. The van der Waals surface area contributed by atoms with Crippen LogP contribution in [0.5, 0.6) is 0 Å². The molecular formula is C23H32N2O4S. The first-order valence-corrected chi connectivity index (χ1v) is 11.7. The summed E-state index contributed by atoms with van der Waals surface area (Å²) in [5.74, 6) is -0.888. The summed E-state index contributed by atoms with van der Waals surface area (Å²) < 4.78 is 0. The minimum Gasteiger partial charge on any atom is -0.477 e. The Morgan fingerprint density at radius 1 is 1.33 bits per heavy atom. The van der Waals surface area contributed by atoms with Crippen molar-refractivity contribution in [3.63, 3.8) is 0 Å². The third-order valence-electron chi connectivity index (χ3n) is 6.19. The first-order valence-electron chi connectivity index (χ1n) is 10.8. The number of anilines is 1. The van der Waals surface area contributed by atoms with E-state index in [2.05, 4.69) is 13.0 Å². The van der Waals surface area contributed by atoms with E-state index in [0.29, 0.717) is 25.1 Å². The molecule has 2 aliphatic rings. The van der Waals surface area contributed by atoms with Gasteiger partial charge < -0.3 is 14.9 Å². The fourth-order valence-electron chi connectivity index (χ4n) is 4.57. The van der Waals surface area contributed by atoms with E-state index in [9.17, 15) is 19.5 Å². The summed E-state index contributed by atoms with van der Waals surface area (Å²) in [6.45, 7) is 5.11. The maximum Gasteiger partial charge on any atom is 0.348 e. The van der Waals surface area contributed by atoms with Crippen molar-refractivity contribution in [2.45, 2.75) is 65.2 Å². The number of amides is 2. The molecule has 0 saturated carbocycles. The molecule has 6 nitrogen and oxygen atoms in total. The number of likely N-dealkylation sites (tertiary alicyclic amines) is 1. The van der Waals surface area contributed by atoms with Crippen LogP contribution in [0.25, 0.3) is 5.57 Å². The summed E-state index contributed by atoms with van der Waals surface area (Å²) in [6.07, 6.45) is 8.88. The van der Waals surface area contributed by atoms with Crippen LogP contribution in [0.15, 0.2) is 12.1 Å². The number of carbonyl (C=O) groups is 3. The van der Waals surface area contributed by atoms with Crippen LogP contribution in [-0.2, 0) is 9.59 Å². The van der Waals surface area contributed by atoms with Crippen LogP contribution in [0.4, 0.5) is 5.69 Å². The molecule has 2 amide bonds. The van der Waals surface area contributed by atoms with E-state index in [4.69, 9.17) is 0 Å². The van der Waals surface area contributed by atoms with Crippen LogP contribution in [0.2, 0.25) is 0 Å². The molecule has 1 aliphatic heterocycles. The van der Waals surface area contributed by atoms with E-state index in [1.165, 1.54) is 23.3 Å². The number of carboxylic acid groups (broad SMARTS) is 1. The van der Waals surface area contributed by atoms with Crippen molar-refractivity contribution in [2.24, 2.45) is 5.41 Å². The molecule has 1 aliphatic carbocycles. The Morgan fingerprint density at radius 2 is 2.10 bits per heavy atom. The molecule has 1 aromatic rings. The van der Waals surface area contributed by atoms with Crippen molar-refractivity contribution < 1.29 is 19.5 Å². The van der Waals surface area contributed by atoms with Gasteiger partial charge >= 0.3 is 5.97 Å². The number of aromatic carboxylic acids is 1. The largest absolute Gasteiger partial charge is 0.477 e. The average molecular weight is 433 g/mol. The molecular weight excluding hydrogens is 400 g/mol. The molecule has 7 heteroatoms. The summed E-state index contributed by atoms with van der Waals surface area (Å²) in [4.78, 5) is 41.2. The maximum absolute atomic E-state index is 12.7. The van der Waals surface area contributed by atoms with E-state index in [0.717, 1.165) is 43.5 Å². The Balaban J connectivity index is 1.80. The molecule has 1 fully saturated rings. The standard InChI is InChI=1S/C23H32N2O4S/c1-4-19(26)25(12-8-11-23(2)14-20(27)24(3)15-23)17-13-18(30-21(17)22(28)29)16-9-6-5-7-10-16/h9,13H,4-8,10-12,14-15H2,1-3H3,(H,28,29). The molecule has 1 unspecified atom stereocenters. The molecule has 2 heterocycles. The van der Waals surface area contributed by atoms with Gasteiger partial charge in [0.15, 0.2) is 0 Å². The number of thiophene rings is 1. The number of rotatable bonds is 8. The van der Waals surface area contributed by atoms with Crippen LogP contribution in [-0.4, -0.2) is 47.9 Å². The second kappa shape index (κ2) is 9.33. The van der Waals surface area contributed by atoms with Crippen LogP contribution >= 0.6 is 11.3 Å². The van der Waals surface area contributed by atoms with E-state index >= 15 is 0 Å². The Labute approximate surface area is 182 Å². The second-order valence-electron chi connectivity index (χ2n) is 8.85. The van der Waals surface area contributed by atoms with Crippen molar-refractivity contribution in [1.29, 1.82) is 0 Å². The molecule has 0 radical (unpaired) electrons. The lowest BCUT2D eigenvalue weighted by atomic mass is 9.84. The third kappa shape index (κ3) is 4.94. The fourth-order valence-corrected chi connectivity index (χ4v) is 5.64. The number of carbonyl (C=O) groups excluding carboxylic acids is 2. The average Bonchev–Trinajstić information content (AvgIpc) is 3.26. The molecule has 164 valence electrons. The van der Waals surface area contributed by atoms with Gasteiger partial charge in [-0.25, -0.2) is 4.79 Å². The molecule has 0 aromatic carbocycles. The van der Waals surface area contributed by atoms with E-state index in [-0.39, 0.29) is 22.1 Å². The topological polar surface area (TPSA) is 77.9 Å². The zero-order valence-corrected chi connectivity index (χ0v) is 19.0. The number of carboxylic acids is 1. The Bertz CT molecular complexity index is 859. The summed E-state index contributed by atoms with van der Waals surface area (Å²) in [7, 11) is 1.83. The van der Waals surface area contributed by atoms with Gasteiger partial charge in [-0.1, -0.05) is 19.9 Å². The molecule has 30 heavy (non-hydrogen) atoms. The van der Waals surface area contributed by atoms with Crippen LogP contribution < -0.4 is 4.90 Å². The Hall–Kier alpha value is -2.15. The van der Waals surface area contributed by atoms with Gasteiger partial charge in [-0.15, -0.1) is 11.3 Å². The van der Waals surface area contributed by atoms with Gasteiger partial charge in [0.25, 0.3) is 0 Å². The summed E-state index contributed by atoms with van der Waals surface area (Å²) in [5, 5.41) is 9.79. The lowest BCUT2D eigenvalue weighted by Crippen LogP contribution is -2.33. The number of nitrogens with zero attached hydrogens (tertiary/aromatic N) is 2. The number of hydrogen-bond acceptors (Lipinski definition) is 4. The van der Waals surface area contributed by atoms with Crippen molar-refractivity contribution in [1.82, 2.24) is 4.90 Å². The Kier molecular flexibility index (Phi) is 7.01. The predicted octanol–water partition coefficient (Wildman–Crippen LogP) is 4.80. The van der Waals surface area contributed by atoms with Gasteiger partial charge in [0.05, 0.1) is 5.69 Å². The van der Waals surface area contributed by atoms with E-state index < -0.39 is 5.97 Å². The van der Waals surface area contributed by atoms with Gasteiger partial charge in [-0.05, 0) is 55.6 Å². The summed E-state index contributed by atoms with van der Waals surface area (Å²) in [5.41, 5.74) is 1.63. The zero-order valence-electron chi connectivity index (χ0n) is 18.2. The first-order chi connectivity index (χ1) is 14.2. The van der Waals surface area contributed by atoms with Gasteiger partial charge in [0, 0.05) is 37.9 Å². The van der Waals surface area contributed by atoms with Crippen molar-refractivity contribution >= 4 is 40.4 Å². The number of allylic oxidation sites excluding steroid dienone is 2. The van der Waals surface area contributed by atoms with E-state index in [1.54, 1.807) is 16.7 Å². The van der Waals surface area contributed by atoms with E-state index in [1.807, 2.05) is 13.1 Å². The molecule has 1 atom stereocenters. The lowest BCUT2D eigenvalue weighted by molar-refractivity contribution is -0.126. The van der Waals surface area contributed by atoms with Crippen molar-refractivity contribution in [3.8, 4) is 0 Å². The zero-order chi connectivity index (χ0) is 21.9. The molecule has 0 bridgehead atoms. The van der Waals surface area contributed by atoms with Crippen molar-refractivity contribution in [2.75, 3.05) is 25.0 Å². The van der Waals surface area contributed by atoms with Gasteiger partial charge in [0.2, 0.25) is 11.8 Å². The highest BCUT2D eigenvalue weighted by Crippen LogP contribution is 2.39. The van der Waals surface area contributed by atoms with Crippen molar-refractivity contribution in [3.05, 3.63) is 21.9 Å². The molecule has 1 saturated heterocycles. The third-order valence-corrected chi connectivity index (χ3v) is 7.38. The molecule has 1 aromatic heterocycles. The summed E-state index contributed by atoms with van der Waals surface area (Å²) in [6, 6.07) is 1.90. The number of hydrogen-bond donors (Lipinski definition) is 1. The van der Waals surface area contributed by atoms with Crippen LogP contribution in [0.3, 0.4) is 0 Å². The normalized spacial score (nSPS) is 21.6. The first kappa shape index (κ1) is 22.5. The van der Waals surface area contributed by atoms with Gasteiger partial charge in [-0.2, -0.15) is 0 Å². The predicted molar refractivity (Wildman–Crippen MR) is 120 cm³/mol. The minimum absolute atomic E-state index is 0.0655. The summed E-state index contributed by atoms with van der Waals surface area (Å²) >= 11 is 1.28. The van der Waals surface area contributed by atoms with Gasteiger partial charge in [0.1, 0.15) is 4.88 Å². The van der Waals surface area contributed by atoms with Crippen LogP contribution in [0.1, 0.15) is 79.8 Å². The minimum atomic E-state index is -0.985. The highest BCUT2D eigenvalue weighted by atomic mass is 32.1. The van der Waals surface area contributed by atoms with Gasteiger partial charge in [-0.3, -0.25) is 9.59 Å².